The van der Waals surface area contributed by atoms with Crippen LogP contribution < -0.4 is 5.32 Å². The molecule has 1 heterocycles. The van der Waals surface area contributed by atoms with E-state index >= 15 is 0 Å². The van der Waals surface area contributed by atoms with E-state index in [1.807, 2.05) is 0 Å². The van der Waals surface area contributed by atoms with Gasteiger partial charge in [0, 0.05) is 35.2 Å². The first-order chi connectivity index (χ1) is 7.99. The van der Waals surface area contributed by atoms with Crippen LogP contribution in [-0.4, -0.2) is 38.5 Å². The van der Waals surface area contributed by atoms with E-state index in [2.05, 4.69) is 29.8 Å². The van der Waals surface area contributed by atoms with Crippen molar-refractivity contribution >= 4 is 32.9 Å². The topological polar surface area (TPSA) is 46.2 Å². The molecule has 0 radical (unpaired) electrons. The first kappa shape index (κ1) is 15.0. The highest BCUT2D eigenvalue weighted by molar-refractivity contribution is 8.00. The van der Waals surface area contributed by atoms with Gasteiger partial charge in [-0.25, -0.2) is 8.42 Å². The van der Waals surface area contributed by atoms with Crippen molar-refractivity contribution in [2.24, 2.45) is 0 Å². The van der Waals surface area contributed by atoms with E-state index in [4.69, 9.17) is 0 Å². The van der Waals surface area contributed by atoms with E-state index in [1.165, 1.54) is 11.1 Å². The monoisotopic (exact) mass is 293 g/mol. The molecule has 1 aromatic heterocycles. The zero-order valence-corrected chi connectivity index (χ0v) is 12.6. The molecule has 1 unspecified atom stereocenters. The van der Waals surface area contributed by atoms with Crippen LogP contribution in [0.3, 0.4) is 0 Å². The zero-order valence-electron chi connectivity index (χ0n) is 10.2. The summed E-state index contributed by atoms with van der Waals surface area (Å²) in [4.78, 5) is 1.34. The van der Waals surface area contributed by atoms with Gasteiger partial charge in [-0.2, -0.15) is 11.8 Å². The Morgan fingerprint density at radius 2 is 2.24 bits per heavy atom. The number of sulfone groups is 1. The predicted octanol–water partition coefficient (Wildman–Crippen LogP) is 2.18. The van der Waals surface area contributed by atoms with Crippen LogP contribution in [0, 0.1) is 0 Å². The van der Waals surface area contributed by atoms with Crippen LogP contribution in [0.2, 0.25) is 0 Å². The van der Waals surface area contributed by atoms with Crippen molar-refractivity contribution < 1.29 is 8.42 Å². The lowest BCUT2D eigenvalue weighted by atomic mass is 10.3. The van der Waals surface area contributed by atoms with Gasteiger partial charge in [0.2, 0.25) is 0 Å². The summed E-state index contributed by atoms with van der Waals surface area (Å²) >= 11 is 3.44. The molecule has 0 aliphatic heterocycles. The molecule has 1 atom stereocenters. The predicted molar refractivity (Wildman–Crippen MR) is 77.8 cm³/mol. The summed E-state index contributed by atoms with van der Waals surface area (Å²) in [6.45, 7) is 3.06. The third-order valence-electron chi connectivity index (χ3n) is 2.27. The molecule has 0 saturated carbocycles. The summed E-state index contributed by atoms with van der Waals surface area (Å²) < 4.78 is 21.8. The molecular formula is C11H19NO2S3. The lowest BCUT2D eigenvalue weighted by Gasteiger charge is -2.11. The highest BCUT2D eigenvalue weighted by Crippen LogP contribution is 2.17. The second-order valence-corrected chi connectivity index (χ2v) is 8.40. The van der Waals surface area contributed by atoms with Crippen molar-refractivity contribution in [1.82, 2.24) is 5.32 Å². The molecule has 6 heteroatoms. The van der Waals surface area contributed by atoms with Gasteiger partial charge < -0.3 is 5.32 Å². The van der Waals surface area contributed by atoms with Crippen molar-refractivity contribution in [3.63, 3.8) is 0 Å². The van der Waals surface area contributed by atoms with Crippen LogP contribution in [0.25, 0.3) is 0 Å². The van der Waals surface area contributed by atoms with Gasteiger partial charge >= 0.3 is 0 Å². The number of hydrogen-bond donors (Lipinski definition) is 1. The van der Waals surface area contributed by atoms with Crippen LogP contribution in [0.5, 0.6) is 0 Å². The zero-order chi connectivity index (χ0) is 12.7. The Bertz CT molecular complexity index is 400. The molecule has 98 valence electrons. The van der Waals surface area contributed by atoms with Gasteiger partial charge in [-0.05, 0) is 18.4 Å². The molecule has 1 rings (SSSR count). The molecule has 0 aliphatic rings. The van der Waals surface area contributed by atoms with E-state index < -0.39 is 9.84 Å². The van der Waals surface area contributed by atoms with Crippen molar-refractivity contribution in [2.45, 2.75) is 13.0 Å². The molecule has 0 amide bonds. The average molecular weight is 293 g/mol. The van der Waals surface area contributed by atoms with Crippen molar-refractivity contribution in [3.05, 3.63) is 22.4 Å². The Morgan fingerprint density at radius 3 is 2.82 bits per heavy atom. The molecule has 17 heavy (non-hydrogen) atoms. The second-order valence-electron chi connectivity index (χ2n) is 3.93. The summed E-state index contributed by atoms with van der Waals surface area (Å²) in [5, 5.41) is 5.50. The lowest BCUT2D eigenvalue weighted by Crippen LogP contribution is -2.21. The molecule has 0 aromatic carbocycles. The van der Waals surface area contributed by atoms with Crippen LogP contribution in [-0.2, 0) is 9.84 Å². The summed E-state index contributed by atoms with van der Waals surface area (Å²) in [5.41, 5.74) is 0. The Labute approximate surface area is 112 Å². The maximum atomic E-state index is 10.9. The van der Waals surface area contributed by atoms with E-state index in [1.54, 1.807) is 23.1 Å². The van der Waals surface area contributed by atoms with E-state index in [0.29, 0.717) is 11.8 Å². The minimum absolute atomic E-state index is 0.276. The highest BCUT2D eigenvalue weighted by atomic mass is 32.2. The standard InChI is InChI=1S/C11H19NO2S3/c1-10(11-4-3-6-16-11)12-5-7-15-8-9-17(2,13)14/h3-4,6,10,12H,5,7-9H2,1-2H3. The fourth-order valence-corrected chi connectivity index (χ4v) is 4.21. The molecule has 1 aromatic rings. The number of rotatable bonds is 8. The fraction of sp³-hybridized carbons (Fsp3) is 0.636. The van der Waals surface area contributed by atoms with Gasteiger partial charge in [-0.3, -0.25) is 0 Å². The molecule has 0 aliphatic carbocycles. The van der Waals surface area contributed by atoms with Crippen molar-refractivity contribution in [2.75, 3.05) is 30.1 Å². The molecule has 0 fully saturated rings. The van der Waals surface area contributed by atoms with Gasteiger partial charge in [-0.15, -0.1) is 11.3 Å². The molecule has 1 N–H and O–H groups in total. The van der Waals surface area contributed by atoms with Crippen LogP contribution in [0.1, 0.15) is 17.8 Å². The van der Waals surface area contributed by atoms with Crippen molar-refractivity contribution in [1.29, 1.82) is 0 Å². The SMILES string of the molecule is CC(NCCSCCS(C)(=O)=O)c1cccs1. The Balaban J connectivity index is 2.05. The van der Waals surface area contributed by atoms with E-state index in [0.717, 1.165) is 12.3 Å². The highest BCUT2D eigenvalue weighted by Gasteiger charge is 2.05. The molecule has 0 saturated heterocycles. The quantitative estimate of drug-likeness (QED) is 0.746. The first-order valence-electron chi connectivity index (χ1n) is 5.51. The lowest BCUT2D eigenvalue weighted by molar-refractivity contribution is 0.603. The number of hydrogen-bond acceptors (Lipinski definition) is 5. The smallest absolute Gasteiger partial charge is 0.148 e. The summed E-state index contributed by atoms with van der Waals surface area (Å²) in [6.07, 6.45) is 1.28. The fourth-order valence-electron chi connectivity index (χ4n) is 1.30. The van der Waals surface area contributed by atoms with Crippen LogP contribution in [0.4, 0.5) is 0 Å². The molecular weight excluding hydrogens is 274 g/mol. The maximum Gasteiger partial charge on any atom is 0.148 e. The molecule has 0 spiro atoms. The Hall–Kier alpha value is -0.0400. The largest absolute Gasteiger partial charge is 0.309 e. The second kappa shape index (κ2) is 7.41. The van der Waals surface area contributed by atoms with Gasteiger partial charge in [0.1, 0.15) is 9.84 Å². The normalized spacial score (nSPS) is 13.8. The van der Waals surface area contributed by atoms with Crippen molar-refractivity contribution in [3.8, 4) is 0 Å². The maximum absolute atomic E-state index is 10.9. The minimum Gasteiger partial charge on any atom is -0.309 e. The van der Waals surface area contributed by atoms with Gasteiger partial charge in [0.05, 0.1) is 5.75 Å². The van der Waals surface area contributed by atoms with Gasteiger partial charge in [0.25, 0.3) is 0 Å². The number of thioether (sulfide) groups is 1. The van der Waals surface area contributed by atoms with E-state index in [9.17, 15) is 8.42 Å². The third kappa shape index (κ3) is 7.08. The van der Waals surface area contributed by atoms with Crippen LogP contribution >= 0.6 is 23.1 Å². The molecule has 0 bridgehead atoms. The number of thiophene rings is 1. The summed E-state index contributed by atoms with van der Waals surface area (Å²) in [6, 6.07) is 4.56. The number of nitrogens with one attached hydrogen (secondary N) is 1. The van der Waals surface area contributed by atoms with Gasteiger partial charge in [0.15, 0.2) is 0 Å². The van der Waals surface area contributed by atoms with Gasteiger partial charge in [-0.1, -0.05) is 6.07 Å². The Morgan fingerprint density at radius 1 is 1.47 bits per heavy atom. The third-order valence-corrected chi connectivity index (χ3v) is 5.51. The Kier molecular flexibility index (Phi) is 6.54. The minimum atomic E-state index is -2.80. The average Bonchev–Trinajstić information content (AvgIpc) is 2.74. The molecule has 3 nitrogen and oxygen atoms in total. The van der Waals surface area contributed by atoms with Crippen LogP contribution in [0.15, 0.2) is 17.5 Å². The van der Waals surface area contributed by atoms with E-state index in [-0.39, 0.29) is 5.75 Å². The summed E-state index contributed by atoms with van der Waals surface area (Å²) in [5.74, 6) is 1.91. The summed E-state index contributed by atoms with van der Waals surface area (Å²) in [7, 11) is -2.80. The first-order valence-corrected chi connectivity index (χ1v) is 9.61.